The molecule has 0 saturated heterocycles. The summed E-state index contributed by atoms with van der Waals surface area (Å²) in [7, 11) is 0. The van der Waals surface area contributed by atoms with Gasteiger partial charge in [0.15, 0.2) is 0 Å². The summed E-state index contributed by atoms with van der Waals surface area (Å²) in [6.45, 7) is 2.11. The second-order valence-corrected chi connectivity index (χ2v) is 8.43. The molecule has 0 aromatic heterocycles. The van der Waals surface area contributed by atoms with E-state index in [4.69, 9.17) is 0 Å². The molecule has 1 aromatic rings. The smallest absolute Gasteiger partial charge is 0.129 e. The summed E-state index contributed by atoms with van der Waals surface area (Å²) in [5.41, 5.74) is 0.798. The van der Waals surface area contributed by atoms with Crippen molar-refractivity contribution in [3.63, 3.8) is 0 Å². The highest BCUT2D eigenvalue weighted by Crippen LogP contribution is 2.54. The van der Waals surface area contributed by atoms with Gasteiger partial charge in [-0.25, -0.2) is 4.39 Å². The topological polar surface area (TPSA) is 12.0 Å². The quantitative estimate of drug-likeness (QED) is 0.801. The van der Waals surface area contributed by atoms with Crippen LogP contribution >= 0.6 is 15.9 Å². The molecule has 3 heteroatoms. The molecule has 114 valence electrons. The third-order valence-corrected chi connectivity index (χ3v) is 6.59. The molecule has 0 heterocycles. The normalized spacial score (nSPS) is 38.7. The van der Waals surface area contributed by atoms with E-state index >= 15 is 0 Å². The van der Waals surface area contributed by atoms with Gasteiger partial charge in [0.05, 0.1) is 0 Å². The van der Waals surface area contributed by atoms with Crippen LogP contribution in [-0.2, 0) is 0 Å². The van der Waals surface area contributed by atoms with Crippen LogP contribution in [0.25, 0.3) is 0 Å². The molecular weight excluding hydrogens is 329 g/mol. The fourth-order valence-corrected chi connectivity index (χ4v) is 5.76. The van der Waals surface area contributed by atoms with Crippen molar-refractivity contribution in [3.05, 3.63) is 34.1 Å². The molecule has 5 rings (SSSR count). The Morgan fingerprint density at radius 3 is 2.29 bits per heavy atom. The predicted molar refractivity (Wildman–Crippen MR) is 86.5 cm³/mol. The maximum atomic E-state index is 14.1. The van der Waals surface area contributed by atoms with Crippen molar-refractivity contribution >= 4 is 15.9 Å². The van der Waals surface area contributed by atoms with Gasteiger partial charge >= 0.3 is 0 Å². The number of benzene rings is 1. The zero-order valence-electron chi connectivity index (χ0n) is 12.5. The Hall–Kier alpha value is -0.410. The van der Waals surface area contributed by atoms with E-state index in [0.717, 1.165) is 33.7 Å². The Bertz CT molecular complexity index is 516. The van der Waals surface area contributed by atoms with Crippen molar-refractivity contribution in [3.8, 4) is 0 Å². The number of halogens is 2. The summed E-state index contributed by atoms with van der Waals surface area (Å²) >= 11 is 3.33. The Kier molecular flexibility index (Phi) is 3.61. The summed E-state index contributed by atoms with van der Waals surface area (Å²) in [6, 6.07) is 6.13. The van der Waals surface area contributed by atoms with E-state index in [2.05, 4.69) is 28.2 Å². The fraction of sp³-hybridized carbons (Fsp3) is 0.667. The van der Waals surface area contributed by atoms with Gasteiger partial charge in [-0.05, 0) is 74.8 Å². The third kappa shape index (κ3) is 2.57. The fourth-order valence-electron chi connectivity index (χ4n) is 5.43. The molecule has 1 N–H and O–H groups in total. The zero-order chi connectivity index (χ0) is 14.6. The SMILES string of the molecule is CC(NC1C2CC3CC(C2)CC1C3)c1ccc(Br)cc1F. The van der Waals surface area contributed by atoms with Crippen molar-refractivity contribution in [2.45, 2.75) is 51.1 Å². The summed E-state index contributed by atoms with van der Waals surface area (Å²) in [6.07, 6.45) is 7.09. The Balaban J connectivity index is 1.50. The summed E-state index contributed by atoms with van der Waals surface area (Å²) < 4.78 is 15.0. The zero-order valence-corrected chi connectivity index (χ0v) is 14.1. The molecule has 4 aliphatic carbocycles. The van der Waals surface area contributed by atoms with Crippen LogP contribution in [0.1, 0.15) is 50.6 Å². The summed E-state index contributed by atoms with van der Waals surface area (Å²) in [5, 5.41) is 3.78. The molecule has 1 aromatic carbocycles. The third-order valence-electron chi connectivity index (χ3n) is 6.10. The van der Waals surface area contributed by atoms with E-state index in [0.29, 0.717) is 6.04 Å². The number of hydrogen-bond donors (Lipinski definition) is 1. The average molecular weight is 352 g/mol. The molecule has 0 amide bonds. The minimum atomic E-state index is -0.104. The monoisotopic (exact) mass is 351 g/mol. The maximum absolute atomic E-state index is 14.1. The molecule has 1 unspecified atom stereocenters. The van der Waals surface area contributed by atoms with E-state index in [1.165, 1.54) is 32.1 Å². The standard InChI is InChI=1S/C18H23BrFN/c1-10(16-3-2-15(19)9-17(16)20)21-18-13-5-11-4-12(7-13)8-14(18)6-11/h2-3,9-14,18,21H,4-8H2,1H3. The largest absolute Gasteiger partial charge is 0.307 e. The minimum Gasteiger partial charge on any atom is -0.307 e. The highest BCUT2D eigenvalue weighted by Gasteiger charge is 2.48. The summed E-state index contributed by atoms with van der Waals surface area (Å²) in [5.74, 6) is 3.55. The van der Waals surface area contributed by atoms with Gasteiger partial charge in [0, 0.05) is 22.1 Å². The first-order chi connectivity index (χ1) is 10.1. The van der Waals surface area contributed by atoms with E-state index in [1.807, 2.05) is 12.1 Å². The van der Waals surface area contributed by atoms with Gasteiger partial charge in [-0.3, -0.25) is 0 Å². The lowest BCUT2D eigenvalue weighted by atomic mass is 9.54. The minimum absolute atomic E-state index is 0.0978. The number of rotatable bonds is 3. The Morgan fingerprint density at radius 1 is 1.10 bits per heavy atom. The highest BCUT2D eigenvalue weighted by atomic mass is 79.9. The van der Waals surface area contributed by atoms with E-state index < -0.39 is 0 Å². The average Bonchev–Trinajstić information content (AvgIpc) is 2.41. The second-order valence-electron chi connectivity index (χ2n) is 7.51. The van der Waals surface area contributed by atoms with Gasteiger partial charge in [0.25, 0.3) is 0 Å². The van der Waals surface area contributed by atoms with Crippen LogP contribution in [0.4, 0.5) is 4.39 Å². The van der Waals surface area contributed by atoms with Crippen LogP contribution in [0.3, 0.4) is 0 Å². The van der Waals surface area contributed by atoms with Crippen molar-refractivity contribution in [2.24, 2.45) is 23.7 Å². The van der Waals surface area contributed by atoms with E-state index in [-0.39, 0.29) is 11.9 Å². The number of nitrogens with one attached hydrogen (secondary N) is 1. The Labute approximate surface area is 134 Å². The Morgan fingerprint density at radius 2 is 1.71 bits per heavy atom. The van der Waals surface area contributed by atoms with Crippen molar-refractivity contribution in [1.29, 1.82) is 0 Å². The van der Waals surface area contributed by atoms with Gasteiger partial charge < -0.3 is 5.32 Å². The molecule has 0 aliphatic heterocycles. The van der Waals surface area contributed by atoms with Crippen LogP contribution < -0.4 is 5.32 Å². The lowest BCUT2D eigenvalue weighted by Crippen LogP contribution is -2.54. The highest BCUT2D eigenvalue weighted by molar-refractivity contribution is 9.10. The maximum Gasteiger partial charge on any atom is 0.129 e. The molecule has 4 aliphatic rings. The molecular formula is C18H23BrFN. The molecule has 4 bridgehead atoms. The lowest BCUT2D eigenvalue weighted by molar-refractivity contribution is -0.0172. The van der Waals surface area contributed by atoms with Crippen LogP contribution in [-0.4, -0.2) is 6.04 Å². The van der Waals surface area contributed by atoms with Crippen molar-refractivity contribution in [1.82, 2.24) is 5.32 Å². The van der Waals surface area contributed by atoms with Gasteiger partial charge in [0.2, 0.25) is 0 Å². The van der Waals surface area contributed by atoms with Crippen LogP contribution in [0, 0.1) is 29.5 Å². The molecule has 21 heavy (non-hydrogen) atoms. The van der Waals surface area contributed by atoms with Crippen molar-refractivity contribution in [2.75, 3.05) is 0 Å². The second kappa shape index (κ2) is 5.34. The molecule has 1 nitrogen and oxygen atoms in total. The predicted octanol–water partition coefficient (Wildman–Crippen LogP) is 5.06. The first kappa shape index (κ1) is 14.2. The van der Waals surface area contributed by atoms with Crippen LogP contribution in [0.5, 0.6) is 0 Å². The number of hydrogen-bond acceptors (Lipinski definition) is 1. The van der Waals surface area contributed by atoms with Crippen molar-refractivity contribution < 1.29 is 4.39 Å². The van der Waals surface area contributed by atoms with Gasteiger partial charge in [-0.15, -0.1) is 0 Å². The first-order valence-electron chi connectivity index (χ1n) is 8.31. The van der Waals surface area contributed by atoms with Gasteiger partial charge in [-0.2, -0.15) is 0 Å². The molecule has 4 fully saturated rings. The van der Waals surface area contributed by atoms with Crippen LogP contribution in [0.2, 0.25) is 0 Å². The molecule has 0 radical (unpaired) electrons. The lowest BCUT2D eigenvalue weighted by Gasteiger charge is -2.55. The molecule has 0 spiro atoms. The first-order valence-corrected chi connectivity index (χ1v) is 9.10. The van der Waals surface area contributed by atoms with Crippen LogP contribution in [0.15, 0.2) is 22.7 Å². The van der Waals surface area contributed by atoms with E-state index in [9.17, 15) is 4.39 Å². The molecule has 4 saturated carbocycles. The summed E-state index contributed by atoms with van der Waals surface area (Å²) in [4.78, 5) is 0. The van der Waals surface area contributed by atoms with E-state index in [1.54, 1.807) is 6.07 Å². The van der Waals surface area contributed by atoms with Gasteiger partial charge in [0.1, 0.15) is 5.82 Å². The molecule has 1 atom stereocenters. The van der Waals surface area contributed by atoms with Gasteiger partial charge in [-0.1, -0.05) is 22.0 Å².